The van der Waals surface area contributed by atoms with Crippen molar-refractivity contribution < 1.29 is 4.79 Å². The summed E-state index contributed by atoms with van der Waals surface area (Å²) < 4.78 is 5.98. The molecule has 0 aliphatic heterocycles. The Morgan fingerprint density at radius 1 is 0.865 bits per heavy atom. The van der Waals surface area contributed by atoms with Gasteiger partial charge < -0.3 is 5.73 Å². The van der Waals surface area contributed by atoms with Gasteiger partial charge in [0.1, 0.15) is 0 Å². The van der Waals surface area contributed by atoms with E-state index in [0.29, 0.717) is 12.5 Å². The van der Waals surface area contributed by atoms with Gasteiger partial charge in [0, 0.05) is 12.5 Å². The van der Waals surface area contributed by atoms with Crippen LogP contribution in [0.3, 0.4) is 0 Å². The number of nitrogens with one attached hydrogen (secondary N) is 1. The summed E-state index contributed by atoms with van der Waals surface area (Å²) in [6.45, 7) is 2.28. The van der Waals surface area contributed by atoms with Crippen molar-refractivity contribution in [3.05, 3.63) is 24.3 Å². The average molecular weight is 548 g/mol. The minimum Gasteiger partial charge on any atom is -0.370 e. The first-order valence-electron chi connectivity index (χ1n) is 15.2. The lowest BCUT2D eigenvalue weighted by atomic mass is 9.96. The summed E-state index contributed by atoms with van der Waals surface area (Å²) in [6, 6.07) is 9.02. The number of thiazole rings is 1. The summed E-state index contributed by atoms with van der Waals surface area (Å²) in [5, 5.41) is 0. The lowest BCUT2D eigenvalue weighted by Crippen LogP contribution is -2.25. The Balaban J connectivity index is 0.000000262. The molecular formula is C31H53N3OS2. The molecule has 1 aliphatic rings. The molecule has 1 aromatic carbocycles. The van der Waals surface area contributed by atoms with Gasteiger partial charge in [0.15, 0.2) is 4.34 Å². The highest BCUT2D eigenvalue weighted by atomic mass is 32.2. The Bertz CT molecular complexity index is 787. The summed E-state index contributed by atoms with van der Waals surface area (Å²) in [5.74, 6) is -0.153. The smallest absolute Gasteiger partial charge is 0.217 e. The minimum atomic E-state index is -0.153. The highest BCUT2D eigenvalue weighted by molar-refractivity contribution is 7.99. The van der Waals surface area contributed by atoms with E-state index in [1.54, 1.807) is 23.3 Å². The van der Waals surface area contributed by atoms with E-state index in [1.807, 2.05) is 6.07 Å². The van der Waals surface area contributed by atoms with Gasteiger partial charge in [0.25, 0.3) is 0 Å². The van der Waals surface area contributed by atoms with E-state index in [0.717, 1.165) is 16.3 Å². The molecule has 4 nitrogen and oxygen atoms in total. The molecule has 1 fully saturated rings. The van der Waals surface area contributed by atoms with Crippen LogP contribution in [-0.4, -0.2) is 16.9 Å². The topological polar surface area (TPSA) is 68.0 Å². The van der Waals surface area contributed by atoms with Crippen molar-refractivity contribution in [2.75, 3.05) is 0 Å². The normalized spacial score (nSPS) is 14.0. The molecule has 3 rings (SSSR count). The number of hydrogen-bond acceptors (Lipinski definition) is 5. The van der Waals surface area contributed by atoms with Crippen LogP contribution in [0.2, 0.25) is 0 Å². The molecule has 6 heteroatoms. The molecule has 37 heavy (non-hydrogen) atoms. The summed E-state index contributed by atoms with van der Waals surface area (Å²) in [4.78, 5) is 15.2. The molecule has 0 bridgehead atoms. The number of unbranched alkanes of at least 4 members (excludes halogenated alkanes) is 14. The summed E-state index contributed by atoms with van der Waals surface area (Å²) in [5.41, 5.74) is 6.22. The number of fused-ring (bicyclic) bond motifs is 1. The molecule has 2 aromatic rings. The monoisotopic (exact) mass is 547 g/mol. The zero-order chi connectivity index (χ0) is 26.4. The summed E-state index contributed by atoms with van der Waals surface area (Å²) in [6.07, 6.45) is 27.7. The molecule has 1 aromatic heterocycles. The van der Waals surface area contributed by atoms with Crippen LogP contribution in [-0.2, 0) is 4.79 Å². The number of nitrogens with zero attached hydrogens (tertiary/aromatic N) is 1. The number of rotatable bonds is 19. The van der Waals surface area contributed by atoms with Crippen LogP contribution in [0.1, 0.15) is 142 Å². The van der Waals surface area contributed by atoms with E-state index in [2.05, 4.69) is 34.8 Å². The fourth-order valence-corrected chi connectivity index (χ4v) is 6.84. The molecule has 0 spiro atoms. The van der Waals surface area contributed by atoms with Crippen molar-refractivity contribution in [1.29, 1.82) is 0 Å². The highest BCUT2D eigenvalue weighted by Gasteiger charge is 2.14. The van der Waals surface area contributed by atoms with E-state index >= 15 is 0 Å². The van der Waals surface area contributed by atoms with Crippen molar-refractivity contribution in [2.24, 2.45) is 5.73 Å². The number of primary amides is 1. The lowest BCUT2D eigenvalue weighted by molar-refractivity contribution is -0.118. The van der Waals surface area contributed by atoms with Gasteiger partial charge in [-0.25, -0.2) is 4.98 Å². The van der Waals surface area contributed by atoms with Crippen LogP contribution in [0.25, 0.3) is 10.2 Å². The first-order chi connectivity index (χ1) is 18.2. The Hall–Kier alpha value is -1.11. The zero-order valence-electron chi connectivity index (χ0n) is 23.5. The Labute approximate surface area is 235 Å². The van der Waals surface area contributed by atoms with Gasteiger partial charge in [-0.15, -0.1) is 11.3 Å². The molecule has 1 aliphatic carbocycles. The third-order valence-electron chi connectivity index (χ3n) is 7.22. The number of aromatic nitrogens is 1. The Morgan fingerprint density at radius 2 is 1.41 bits per heavy atom. The molecular weight excluding hydrogens is 494 g/mol. The van der Waals surface area contributed by atoms with Gasteiger partial charge >= 0.3 is 0 Å². The number of nitrogens with two attached hydrogens (primary N) is 1. The maximum absolute atomic E-state index is 10.6. The molecule has 1 saturated carbocycles. The number of para-hydroxylation sites is 1. The third-order valence-corrected chi connectivity index (χ3v) is 9.27. The van der Waals surface area contributed by atoms with Crippen LogP contribution in [0.15, 0.2) is 28.6 Å². The predicted molar refractivity (Wildman–Crippen MR) is 164 cm³/mol. The van der Waals surface area contributed by atoms with Gasteiger partial charge in [0.2, 0.25) is 5.91 Å². The Kier molecular flexibility index (Phi) is 18.9. The van der Waals surface area contributed by atoms with Crippen LogP contribution in [0.5, 0.6) is 0 Å². The van der Waals surface area contributed by atoms with Gasteiger partial charge in [-0.3, -0.25) is 9.52 Å². The maximum atomic E-state index is 10.6. The summed E-state index contributed by atoms with van der Waals surface area (Å²) >= 11 is 3.49. The van der Waals surface area contributed by atoms with Gasteiger partial charge in [0.05, 0.1) is 10.2 Å². The second-order valence-corrected chi connectivity index (χ2v) is 12.8. The first kappa shape index (κ1) is 32.1. The lowest BCUT2D eigenvalue weighted by Gasteiger charge is -2.21. The molecule has 0 radical (unpaired) electrons. The standard InChI is InChI=1S/C18H37NO.C13H16N2S2/c1-2-3-4-5-6-7-8-9-10-11-12-13-14-15-16-17-18(19)20;1-2-6-10(7-3-1)15-17-13-14-11-8-4-5-9-12(11)16-13/h2-17H2,1H3,(H2,19,20);4-5,8-10,15H,1-3,6-7H2. The maximum Gasteiger partial charge on any atom is 0.217 e. The molecule has 0 atom stereocenters. The number of benzene rings is 1. The number of amides is 1. The van der Waals surface area contributed by atoms with Crippen LogP contribution in [0.4, 0.5) is 0 Å². The Morgan fingerprint density at radius 3 is 1.95 bits per heavy atom. The number of carbonyl (C=O) groups is 1. The van der Waals surface area contributed by atoms with Crippen molar-refractivity contribution in [3.8, 4) is 0 Å². The molecule has 0 saturated heterocycles. The first-order valence-corrected chi connectivity index (χ1v) is 16.9. The molecule has 3 N–H and O–H groups in total. The van der Waals surface area contributed by atoms with Crippen molar-refractivity contribution in [3.63, 3.8) is 0 Å². The van der Waals surface area contributed by atoms with Crippen molar-refractivity contribution >= 4 is 39.4 Å². The van der Waals surface area contributed by atoms with Crippen molar-refractivity contribution in [2.45, 2.75) is 152 Å². The van der Waals surface area contributed by atoms with E-state index in [1.165, 1.54) is 127 Å². The van der Waals surface area contributed by atoms with E-state index in [4.69, 9.17) is 5.73 Å². The fourth-order valence-electron chi connectivity index (χ4n) is 4.92. The van der Waals surface area contributed by atoms with Gasteiger partial charge in [-0.1, -0.05) is 128 Å². The minimum absolute atomic E-state index is 0.153. The SMILES string of the molecule is CCCCCCCCCCCCCCCCCC(N)=O.c1ccc2sc(SNC3CCCCC3)nc2c1. The zero-order valence-corrected chi connectivity index (χ0v) is 25.1. The largest absolute Gasteiger partial charge is 0.370 e. The van der Waals surface area contributed by atoms with Gasteiger partial charge in [-0.05, 0) is 43.3 Å². The number of hydrogen-bond donors (Lipinski definition) is 2. The van der Waals surface area contributed by atoms with E-state index in [-0.39, 0.29) is 5.91 Å². The van der Waals surface area contributed by atoms with Crippen LogP contribution >= 0.6 is 23.3 Å². The summed E-state index contributed by atoms with van der Waals surface area (Å²) in [7, 11) is 0. The molecule has 210 valence electrons. The van der Waals surface area contributed by atoms with E-state index < -0.39 is 0 Å². The van der Waals surface area contributed by atoms with Crippen LogP contribution in [0, 0.1) is 0 Å². The number of carbonyl (C=O) groups excluding carboxylic acids is 1. The predicted octanol–water partition coefficient (Wildman–Crippen LogP) is 9.96. The second-order valence-electron chi connectivity index (χ2n) is 10.7. The quantitative estimate of drug-likeness (QED) is 0.136. The molecule has 1 amide bonds. The van der Waals surface area contributed by atoms with E-state index in [9.17, 15) is 4.79 Å². The van der Waals surface area contributed by atoms with Crippen LogP contribution < -0.4 is 10.5 Å². The van der Waals surface area contributed by atoms with Crippen molar-refractivity contribution in [1.82, 2.24) is 9.71 Å². The fraction of sp³-hybridized carbons (Fsp3) is 0.742. The second kappa shape index (κ2) is 21.8. The van der Waals surface area contributed by atoms with Gasteiger partial charge in [-0.2, -0.15) is 0 Å². The highest BCUT2D eigenvalue weighted by Crippen LogP contribution is 2.29. The third kappa shape index (κ3) is 16.5. The molecule has 0 unspecified atom stereocenters. The molecule has 1 heterocycles. The average Bonchev–Trinajstić information content (AvgIpc) is 3.34.